The third-order valence-corrected chi connectivity index (χ3v) is 5.62. The van der Waals surface area contributed by atoms with Gasteiger partial charge in [0.1, 0.15) is 13.2 Å². The molecule has 5 nitrogen and oxygen atoms in total. The average Bonchev–Trinajstić information content (AvgIpc) is 2.75. The molecule has 2 aliphatic heterocycles. The van der Waals surface area contributed by atoms with Crippen LogP contribution < -0.4 is 9.47 Å². The van der Waals surface area contributed by atoms with E-state index in [1.165, 1.54) is 0 Å². The number of rotatable bonds is 5. The number of benzene rings is 2. The molecule has 0 aliphatic carbocycles. The molecule has 29 heavy (non-hydrogen) atoms. The lowest BCUT2D eigenvalue weighted by Crippen LogP contribution is -2.43. The molecule has 2 unspecified atom stereocenters. The van der Waals surface area contributed by atoms with Crippen molar-refractivity contribution in [2.24, 2.45) is 5.92 Å². The highest BCUT2D eigenvalue weighted by Gasteiger charge is 2.34. The minimum absolute atomic E-state index is 0.0144. The summed E-state index contributed by atoms with van der Waals surface area (Å²) >= 11 is 5.91. The van der Waals surface area contributed by atoms with Gasteiger partial charge in [0.2, 0.25) is 5.91 Å². The van der Waals surface area contributed by atoms with E-state index >= 15 is 0 Å². The molecule has 1 saturated heterocycles. The Labute approximate surface area is 175 Å². The summed E-state index contributed by atoms with van der Waals surface area (Å²) in [6, 6.07) is 12.9. The van der Waals surface area contributed by atoms with Gasteiger partial charge in [0.05, 0.1) is 12.0 Å². The first-order valence-corrected chi connectivity index (χ1v) is 10.3. The number of fused-ring (bicyclic) bond motifs is 1. The van der Waals surface area contributed by atoms with Crippen molar-refractivity contribution in [2.75, 3.05) is 26.3 Å². The quantitative estimate of drug-likeness (QED) is 0.801. The number of aliphatic hydroxyl groups is 1. The number of aliphatic hydroxyl groups excluding tert-OH is 1. The second-order valence-electron chi connectivity index (χ2n) is 7.33. The fourth-order valence-corrected chi connectivity index (χ4v) is 3.94. The predicted molar refractivity (Wildman–Crippen MR) is 112 cm³/mol. The molecule has 0 saturated carbocycles. The van der Waals surface area contributed by atoms with Crippen molar-refractivity contribution in [3.8, 4) is 11.5 Å². The highest BCUT2D eigenvalue weighted by molar-refractivity contribution is 6.30. The Morgan fingerprint density at radius 2 is 1.90 bits per heavy atom. The lowest BCUT2D eigenvalue weighted by molar-refractivity contribution is -0.142. The molecule has 2 aromatic rings. The second kappa shape index (κ2) is 8.89. The lowest BCUT2D eigenvalue weighted by atomic mass is 9.87. The van der Waals surface area contributed by atoms with E-state index in [0.717, 1.165) is 12.0 Å². The maximum absolute atomic E-state index is 13.0. The van der Waals surface area contributed by atoms with Gasteiger partial charge in [0, 0.05) is 18.1 Å². The second-order valence-corrected chi connectivity index (χ2v) is 7.77. The number of likely N-dealkylation sites (tertiary alicyclic amines) is 1. The van der Waals surface area contributed by atoms with Gasteiger partial charge in [-0.05, 0) is 48.2 Å². The van der Waals surface area contributed by atoms with Crippen molar-refractivity contribution in [1.29, 1.82) is 0 Å². The molecule has 2 atom stereocenters. The normalized spacial score (nSPS) is 20.1. The molecule has 4 rings (SSSR count). The Bertz CT molecular complexity index is 896. The molecule has 152 valence electrons. The molecule has 1 amide bonds. The summed E-state index contributed by atoms with van der Waals surface area (Å²) in [5.74, 6) is 0.838. The minimum Gasteiger partial charge on any atom is -0.486 e. The average molecular weight is 414 g/mol. The fraction of sp³-hybridized carbons (Fsp3) is 0.348. The predicted octanol–water partition coefficient (Wildman–Crippen LogP) is 4.10. The van der Waals surface area contributed by atoms with E-state index in [0.29, 0.717) is 54.8 Å². The summed E-state index contributed by atoms with van der Waals surface area (Å²) in [6.45, 7) is 2.23. The molecule has 0 radical (unpaired) electrons. The lowest BCUT2D eigenvalue weighted by Gasteiger charge is -2.34. The third kappa shape index (κ3) is 4.57. The number of carbonyl (C=O) groups excluding carboxylic acids is 1. The molecular weight excluding hydrogens is 390 g/mol. The van der Waals surface area contributed by atoms with Crippen molar-refractivity contribution in [2.45, 2.75) is 18.9 Å². The van der Waals surface area contributed by atoms with Crippen molar-refractivity contribution in [3.63, 3.8) is 0 Å². The largest absolute Gasteiger partial charge is 0.486 e. The summed E-state index contributed by atoms with van der Waals surface area (Å²) < 4.78 is 11.1. The number of ether oxygens (including phenoxy) is 2. The monoisotopic (exact) mass is 413 g/mol. The van der Waals surface area contributed by atoms with E-state index in [4.69, 9.17) is 21.1 Å². The van der Waals surface area contributed by atoms with Gasteiger partial charge >= 0.3 is 0 Å². The van der Waals surface area contributed by atoms with E-state index in [1.54, 1.807) is 12.1 Å². The van der Waals surface area contributed by atoms with Crippen LogP contribution in [0.5, 0.6) is 11.5 Å². The Morgan fingerprint density at radius 3 is 2.69 bits per heavy atom. The van der Waals surface area contributed by atoms with E-state index in [-0.39, 0.29) is 5.91 Å². The van der Waals surface area contributed by atoms with E-state index in [1.807, 2.05) is 47.4 Å². The standard InChI is InChI=1S/C23H24ClNO4/c24-18-8-5-16(6-9-18)3-1-11-25-12-2-4-19(23(25)27)22(26)17-7-10-20-21(15-17)29-14-13-28-20/h1,3,5-10,15,19,22,26H,2,4,11-14H2/b3-1+. The number of halogens is 1. The van der Waals surface area contributed by atoms with Crippen LogP contribution in [-0.2, 0) is 4.79 Å². The van der Waals surface area contributed by atoms with Gasteiger partial charge in [-0.3, -0.25) is 4.79 Å². The Hall–Kier alpha value is -2.50. The smallest absolute Gasteiger partial charge is 0.228 e. The third-order valence-electron chi connectivity index (χ3n) is 5.37. The van der Waals surface area contributed by atoms with Crippen LogP contribution in [0.1, 0.15) is 30.1 Å². The summed E-state index contributed by atoms with van der Waals surface area (Å²) in [5, 5.41) is 11.6. The van der Waals surface area contributed by atoms with Gasteiger partial charge in [-0.2, -0.15) is 0 Å². The number of hydrogen-bond acceptors (Lipinski definition) is 4. The molecule has 1 N–H and O–H groups in total. The zero-order chi connectivity index (χ0) is 20.2. The highest BCUT2D eigenvalue weighted by Crippen LogP contribution is 2.36. The molecule has 2 heterocycles. The first-order valence-electron chi connectivity index (χ1n) is 9.90. The maximum atomic E-state index is 13.0. The number of hydrogen-bond donors (Lipinski definition) is 1. The Balaban J connectivity index is 1.42. The van der Waals surface area contributed by atoms with Gasteiger partial charge in [0.15, 0.2) is 11.5 Å². The summed E-state index contributed by atoms with van der Waals surface area (Å²) in [6.07, 6.45) is 4.63. The molecule has 6 heteroatoms. The van der Waals surface area contributed by atoms with Crippen LogP contribution in [0.25, 0.3) is 6.08 Å². The van der Waals surface area contributed by atoms with Gasteiger partial charge in [-0.1, -0.05) is 42.0 Å². The van der Waals surface area contributed by atoms with Crippen molar-refractivity contribution < 1.29 is 19.4 Å². The molecule has 0 bridgehead atoms. The number of piperidine rings is 1. The number of nitrogens with zero attached hydrogens (tertiary/aromatic N) is 1. The van der Waals surface area contributed by atoms with Crippen LogP contribution in [0, 0.1) is 5.92 Å². The topological polar surface area (TPSA) is 59.0 Å². The van der Waals surface area contributed by atoms with Crippen molar-refractivity contribution in [3.05, 3.63) is 64.7 Å². The van der Waals surface area contributed by atoms with Crippen LogP contribution in [0.15, 0.2) is 48.5 Å². The van der Waals surface area contributed by atoms with Crippen LogP contribution in [0.4, 0.5) is 0 Å². The summed E-state index contributed by atoms with van der Waals surface area (Å²) in [5.41, 5.74) is 1.72. The maximum Gasteiger partial charge on any atom is 0.228 e. The van der Waals surface area contributed by atoms with E-state index < -0.39 is 12.0 Å². The Kier molecular flexibility index (Phi) is 6.07. The van der Waals surface area contributed by atoms with Crippen LogP contribution >= 0.6 is 11.6 Å². The van der Waals surface area contributed by atoms with Crippen LogP contribution in [0.2, 0.25) is 5.02 Å². The molecule has 0 aromatic heterocycles. The van der Waals surface area contributed by atoms with Crippen molar-refractivity contribution >= 4 is 23.6 Å². The first kappa shape index (κ1) is 19.8. The van der Waals surface area contributed by atoms with Gasteiger partial charge in [0.25, 0.3) is 0 Å². The number of amides is 1. The molecule has 1 fully saturated rings. The fourth-order valence-electron chi connectivity index (χ4n) is 3.81. The molecule has 0 spiro atoms. The number of carbonyl (C=O) groups is 1. The summed E-state index contributed by atoms with van der Waals surface area (Å²) in [7, 11) is 0. The zero-order valence-corrected chi connectivity index (χ0v) is 16.8. The Morgan fingerprint density at radius 1 is 1.14 bits per heavy atom. The SMILES string of the molecule is O=C1C(C(O)c2ccc3c(c2)OCCO3)CCCN1C/C=C/c1ccc(Cl)cc1. The molecular formula is C23H24ClNO4. The van der Waals surface area contributed by atoms with Crippen LogP contribution in [0.3, 0.4) is 0 Å². The van der Waals surface area contributed by atoms with Crippen LogP contribution in [-0.4, -0.2) is 42.2 Å². The highest BCUT2D eigenvalue weighted by atomic mass is 35.5. The zero-order valence-electron chi connectivity index (χ0n) is 16.1. The van der Waals surface area contributed by atoms with Gasteiger partial charge < -0.3 is 19.5 Å². The summed E-state index contributed by atoms with van der Waals surface area (Å²) in [4.78, 5) is 14.8. The molecule has 2 aromatic carbocycles. The van der Waals surface area contributed by atoms with E-state index in [2.05, 4.69) is 0 Å². The molecule has 2 aliphatic rings. The van der Waals surface area contributed by atoms with Gasteiger partial charge in [-0.15, -0.1) is 0 Å². The van der Waals surface area contributed by atoms with Crippen molar-refractivity contribution in [1.82, 2.24) is 4.90 Å². The van der Waals surface area contributed by atoms with Gasteiger partial charge in [-0.25, -0.2) is 0 Å². The minimum atomic E-state index is -0.860. The van der Waals surface area contributed by atoms with E-state index in [9.17, 15) is 9.90 Å². The first-order chi connectivity index (χ1) is 14.1.